The number of ketones is 1. The maximum absolute atomic E-state index is 12.1. The second-order valence-corrected chi connectivity index (χ2v) is 11.3. The standard InChI is InChI=1S/C11H13BrINO4S/c1-5(15)4-18-7(16)6-10(2,3)19-9-11(12,13)8(17)14(6)9/h6,9H,4H2,1-3H3/t6-,9+,11+/m0/s1. The topological polar surface area (TPSA) is 63.7 Å². The van der Waals surface area contributed by atoms with E-state index in [2.05, 4.69) is 38.5 Å². The van der Waals surface area contributed by atoms with E-state index in [4.69, 9.17) is 4.74 Å². The summed E-state index contributed by atoms with van der Waals surface area (Å²) in [7, 11) is 0. The number of halogens is 2. The molecule has 3 atom stereocenters. The number of β-lactam (4-membered cyclic amide) rings is 1. The number of rotatable bonds is 3. The second kappa shape index (κ2) is 4.87. The number of Topliss-reactive ketones (excluding diaryl/α,β-unsaturated/α-hetero) is 1. The van der Waals surface area contributed by atoms with Crippen LogP contribution < -0.4 is 0 Å². The fraction of sp³-hybridized carbons (Fsp3) is 0.727. The van der Waals surface area contributed by atoms with Crippen molar-refractivity contribution in [3.05, 3.63) is 0 Å². The highest BCUT2D eigenvalue weighted by Gasteiger charge is 2.70. The Bertz CT molecular complexity index is 468. The van der Waals surface area contributed by atoms with Gasteiger partial charge < -0.3 is 9.64 Å². The summed E-state index contributed by atoms with van der Waals surface area (Å²) in [6.45, 7) is 4.92. The molecule has 2 aliphatic heterocycles. The zero-order chi connectivity index (χ0) is 14.6. The third kappa shape index (κ3) is 2.44. The molecule has 1 amide bonds. The molecule has 2 fully saturated rings. The molecule has 0 spiro atoms. The van der Waals surface area contributed by atoms with Crippen molar-refractivity contribution in [2.45, 2.75) is 39.3 Å². The van der Waals surface area contributed by atoms with Crippen molar-refractivity contribution in [2.75, 3.05) is 6.61 Å². The van der Waals surface area contributed by atoms with Crippen LogP contribution in [-0.2, 0) is 19.1 Å². The van der Waals surface area contributed by atoms with Crippen LogP contribution in [0.4, 0.5) is 0 Å². The van der Waals surface area contributed by atoms with Crippen LogP contribution in [0.15, 0.2) is 0 Å². The van der Waals surface area contributed by atoms with Crippen LogP contribution in [0, 0.1) is 0 Å². The molecule has 0 aromatic carbocycles. The first-order valence-corrected chi connectivity index (χ1v) is 8.38. The molecule has 2 aliphatic rings. The van der Waals surface area contributed by atoms with Gasteiger partial charge in [0.1, 0.15) is 18.0 Å². The van der Waals surface area contributed by atoms with Crippen molar-refractivity contribution in [1.29, 1.82) is 0 Å². The first-order chi connectivity index (χ1) is 8.59. The number of fused-ring (bicyclic) bond motifs is 1. The van der Waals surface area contributed by atoms with Gasteiger partial charge in [0.25, 0.3) is 5.91 Å². The molecule has 0 aliphatic carbocycles. The molecule has 19 heavy (non-hydrogen) atoms. The fourth-order valence-electron chi connectivity index (χ4n) is 2.21. The highest BCUT2D eigenvalue weighted by molar-refractivity contribution is 14.1. The summed E-state index contributed by atoms with van der Waals surface area (Å²) in [4.78, 5) is 36.6. The Morgan fingerprint density at radius 1 is 1.53 bits per heavy atom. The lowest BCUT2D eigenvalue weighted by molar-refractivity contribution is -0.162. The SMILES string of the molecule is CC(=O)COC(=O)[C@@H]1N2C(=O)[C@@](Br)(I)[C@H]2SC1(C)C. The molecule has 2 heterocycles. The molecule has 0 saturated carbocycles. The maximum atomic E-state index is 12.1. The van der Waals surface area contributed by atoms with Crippen molar-refractivity contribution in [3.8, 4) is 0 Å². The zero-order valence-electron chi connectivity index (χ0n) is 10.6. The summed E-state index contributed by atoms with van der Waals surface area (Å²) in [5.41, 5.74) is 0. The average molecular weight is 462 g/mol. The van der Waals surface area contributed by atoms with Gasteiger partial charge in [0.2, 0.25) is 0 Å². The van der Waals surface area contributed by atoms with Crippen LogP contribution in [-0.4, -0.2) is 47.7 Å². The minimum absolute atomic E-state index is 0.0921. The number of carbonyl (C=O) groups excluding carboxylic acids is 3. The first-order valence-electron chi connectivity index (χ1n) is 5.63. The molecule has 5 nitrogen and oxygen atoms in total. The number of esters is 1. The van der Waals surface area contributed by atoms with Crippen LogP contribution in [0.1, 0.15) is 20.8 Å². The number of ether oxygens (including phenoxy) is 1. The lowest BCUT2D eigenvalue weighted by Gasteiger charge is -2.46. The number of hydrogen-bond donors (Lipinski definition) is 0. The van der Waals surface area contributed by atoms with E-state index < -0.39 is 19.1 Å². The molecule has 2 saturated heterocycles. The van der Waals surface area contributed by atoms with Crippen molar-refractivity contribution in [2.24, 2.45) is 0 Å². The van der Waals surface area contributed by atoms with Crippen molar-refractivity contribution in [3.63, 3.8) is 0 Å². The summed E-state index contributed by atoms with van der Waals surface area (Å²) in [5.74, 6) is -0.851. The summed E-state index contributed by atoms with van der Waals surface area (Å²) >= 11 is 7.01. The summed E-state index contributed by atoms with van der Waals surface area (Å²) in [6.07, 6.45) is 0. The fourth-order valence-corrected chi connectivity index (χ4v) is 5.37. The summed E-state index contributed by atoms with van der Waals surface area (Å²) in [6, 6.07) is -0.644. The van der Waals surface area contributed by atoms with Gasteiger partial charge in [0.15, 0.2) is 8.11 Å². The molecular formula is C11H13BrINO4S. The quantitative estimate of drug-likeness (QED) is 0.277. The highest BCUT2D eigenvalue weighted by atomic mass is 127. The minimum Gasteiger partial charge on any atom is -0.456 e. The molecule has 0 aromatic rings. The number of alkyl halides is 2. The van der Waals surface area contributed by atoms with E-state index >= 15 is 0 Å². The van der Waals surface area contributed by atoms with Gasteiger partial charge in [-0.3, -0.25) is 9.59 Å². The highest BCUT2D eigenvalue weighted by Crippen LogP contribution is 2.60. The van der Waals surface area contributed by atoms with Gasteiger partial charge in [0, 0.05) is 4.75 Å². The lowest BCUT2D eigenvalue weighted by Crippen LogP contribution is -2.68. The number of hydrogen-bond acceptors (Lipinski definition) is 5. The Balaban J connectivity index is 2.18. The predicted octanol–water partition coefficient (Wildman–Crippen LogP) is 1.71. The molecule has 0 aromatic heterocycles. The molecular weight excluding hydrogens is 449 g/mol. The molecule has 0 bridgehead atoms. The van der Waals surface area contributed by atoms with Crippen LogP contribution in [0.5, 0.6) is 0 Å². The minimum atomic E-state index is -0.650. The van der Waals surface area contributed by atoms with E-state index in [0.717, 1.165) is 0 Å². The molecule has 2 rings (SSSR count). The van der Waals surface area contributed by atoms with Crippen LogP contribution in [0.3, 0.4) is 0 Å². The normalized spacial score (nSPS) is 35.6. The largest absolute Gasteiger partial charge is 0.456 e. The Morgan fingerprint density at radius 3 is 2.63 bits per heavy atom. The average Bonchev–Trinajstić information content (AvgIpc) is 2.56. The van der Waals surface area contributed by atoms with Crippen molar-refractivity contribution < 1.29 is 19.1 Å². The van der Waals surface area contributed by atoms with Crippen LogP contribution in [0.2, 0.25) is 0 Å². The van der Waals surface area contributed by atoms with Gasteiger partial charge in [-0.05, 0) is 20.8 Å². The van der Waals surface area contributed by atoms with Gasteiger partial charge in [-0.25, -0.2) is 4.79 Å². The molecule has 0 unspecified atom stereocenters. The summed E-state index contributed by atoms with van der Waals surface area (Å²) < 4.78 is 3.89. The second-order valence-electron chi connectivity index (χ2n) is 5.12. The smallest absolute Gasteiger partial charge is 0.330 e. The number of nitrogens with zero attached hydrogens (tertiary/aromatic N) is 1. The van der Waals surface area contributed by atoms with Crippen LogP contribution >= 0.6 is 50.3 Å². The Morgan fingerprint density at radius 2 is 2.11 bits per heavy atom. The molecule has 0 N–H and O–H groups in total. The van der Waals surface area contributed by atoms with Gasteiger partial charge >= 0.3 is 5.97 Å². The van der Waals surface area contributed by atoms with Gasteiger partial charge in [-0.1, -0.05) is 38.5 Å². The third-order valence-corrected chi connectivity index (χ3v) is 7.26. The van der Waals surface area contributed by atoms with Crippen LogP contribution in [0.25, 0.3) is 0 Å². The third-order valence-electron chi connectivity index (χ3n) is 3.08. The van der Waals surface area contributed by atoms with E-state index in [1.165, 1.54) is 6.92 Å². The monoisotopic (exact) mass is 461 g/mol. The Kier molecular flexibility index (Phi) is 3.99. The van der Waals surface area contributed by atoms with E-state index in [1.807, 2.05) is 13.8 Å². The van der Waals surface area contributed by atoms with Crippen molar-refractivity contribution >= 4 is 67.9 Å². The maximum Gasteiger partial charge on any atom is 0.330 e. The Labute approximate surface area is 137 Å². The van der Waals surface area contributed by atoms with Crippen molar-refractivity contribution in [1.82, 2.24) is 4.90 Å². The number of carbonyl (C=O) groups is 3. The molecule has 106 valence electrons. The summed E-state index contributed by atoms with van der Waals surface area (Å²) in [5, 5.41) is -0.0921. The van der Waals surface area contributed by atoms with E-state index in [9.17, 15) is 14.4 Å². The lowest BCUT2D eigenvalue weighted by atomic mass is 9.98. The number of thioether (sulfide) groups is 1. The molecule has 0 radical (unpaired) electrons. The Hall–Kier alpha value is 0.170. The molecule has 8 heteroatoms. The zero-order valence-corrected chi connectivity index (χ0v) is 15.2. The van der Waals surface area contributed by atoms with E-state index in [1.54, 1.807) is 16.7 Å². The predicted molar refractivity (Wildman–Crippen MR) is 83.4 cm³/mol. The van der Waals surface area contributed by atoms with Gasteiger partial charge in [0.05, 0.1) is 0 Å². The van der Waals surface area contributed by atoms with E-state index in [0.29, 0.717) is 0 Å². The first kappa shape index (κ1) is 15.6. The van der Waals surface area contributed by atoms with Gasteiger partial charge in [-0.15, -0.1) is 11.8 Å². The van der Waals surface area contributed by atoms with Gasteiger partial charge in [-0.2, -0.15) is 0 Å². The number of amides is 1. The van der Waals surface area contributed by atoms with E-state index in [-0.39, 0.29) is 23.7 Å².